The minimum atomic E-state index is -0.455. The predicted molar refractivity (Wildman–Crippen MR) is 84.1 cm³/mol. The molecule has 0 spiro atoms. The standard InChI is InChI=1S/C17H23NO4/c1-13(18-6-8-20-9-7-18)10-15(19)4-2-14-3-5-16-17(11-14)22-12-21-16/h2-5,11,13,15,19H,6-10,12H2,1H3/b4-2+. The minimum Gasteiger partial charge on any atom is -0.454 e. The van der Waals surface area contributed by atoms with Gasteiger partial charge in [0.25, 0.3) is 0 Å². The molecule has 2 atom stereocenters. The van der Waals surface area contributed by atoms with E-state index < -0.39 is 6.10 Å². The number of fused-ring (bicyclic) bond motifs is 1. The van der Waals surface area contributed by atoms with E-state index in [4.69, 9.17) is 14.2 Å². The second kappa shape index (κ2) is 7.13. The Balaban J connectivity index is 1.53. The fourth-order valence-corrected chi connectivity index (χ4v) is 2.83. The molecule has 0 aliphatic carbocycles. The number of nitrogens with zero attached hydrogens (tertiary/aromatic N) is 1. The van der Waals surface area contributed by atoms with Crippen molar-refractivity contribution in [3.05, 3.63) is 29.8 Å². The summed E-state index contributed by atoms with van der Waals surface area (Å²) < 4.78 is 16.0. The summed E-state index contributed by atoms with van der Waals surface area (Å²) in [5.74, 6) is 1.54. The molecule has 120 valence electrons. The van der Waals surface area contributed by atoms with E-state index in [0.29, 0.717) is 6.04 Å². The largest absolute Gasteiger partial charge is 0.454 e. The Labute approximate surface area is 131 Å². The van der Waals surface area contributed by atoms with Gasteiger partial charge in [-0.3, -0.25) is 4.90 Å². The van der Waals surface area contributed by atoms with Crippen LogP contribution in [0.25, 0.3) is 6.08 Å². The van der Waals surface area contributed by atoms with Crippen molar-refractivity contribution in [1.29, 1.82) is 0 Å². The second-order valence-corrected chi connectivity index (χ2v) is 5.77. The summed E-state index contributed by atoms with van der Waals surface area (Å²) in [5.41, 5.74) is 1.00. The molecule has 0 bridgehead atoms. The number of hydrogen-bond donors (Lipinski definition) is 1. The van der Waals surface area contributed by atoms with E-state index in [2.05, 4.69) is 11.8 Å². The van der Waals surface area contributed by atoms with Gasteiger partial charge in [-0.05, 0) is 31.0 Å². The highest BCUT2D eigenvalue weighted by Crippen LogP contribution is 2.32. The Kier molecular flexibility index (Phi) is 4.97. The molecule has 1 N–H and O–H groups in total. The number of aliphatic hydroxyl groups is 1. The van der Waals surface area contributed by atoms with Crippen LogP contribution in [0.5, 0.6) is 11.5 Å². The number of ether oxygens (including phenoxy) is 3. The Hall–Kier alpha value is -1.56. The lowest BCUT2D eigenvalue weighted by molar-refractivity contribution is 0.0117. The van der Waals surface area contributed by atoms with Gasteiger partial charge >= 0.3 is 0 Å². The highest BCUT2D eigenvalue weighted by atomic mass is 16.7. The maximum absolute atomic E-state index is 10.2. The molecule has 1 fully saturated rings. The molecule has 3 rings (SSSR count). The zero-order valence-corrected chi connectivity index (χ0v) is 12.9. The Morgan fingerprint density at radius 1 is 1.23 bits per heavy atom. The molecule has 5 nitrogen and oxygen atoms in total. The van der Waals surface area contributed by atoms with Crippen LogP contribution in [0.3, 0.4) is 0 Å². The van der Waals surface area contributed by atoms with Crippen molar-refractivity contribution in [2.45, 2.75) is 25.5 Å². The van der Waals surface area contributed by atoms with Crippen LogP contribution in [0.2, 0.25) is 0 Å². The molecule has 0 radical (unpaired) electrons. The molecular weight excluding hydrogens is 282 g/mol. The second-order valence-electron chi connectivity index (χ2n) is 5.77. The van der Waals surface area contributed by atoms with Crippen molar-refractivity contribution in [2.75, 3.05) is 33.1 Å². The first-order valence-corrected chi connectivity index (χ1v) is 7.80. The molecular formula is C17H23NO4. The summed E-state index contributed by atoms with van der Waals surface area (Å²) >= 11 is 0. The highest BCUT2D eigenvalue weighted by molar-refractivity contribution is 5.56. The van der Waals surface area contributed by atoms with E-state index in [0.717, 1.165) is 49.8 Å². The van der Waals surface area contributed by atoms with Crippen molar-refractivity contribution in [2.24, 2.45) is 0 Å². The van der Waals surface area contributed by atoms with E-state index in [1.807, 2.05) is 30.4 Å². The van der Waals surface area contributed by atoms with E-state index in [9.17, 15) is 5.11 Å². The Morgan fingerprint density at radius 2 is 2.00 bits per heavy atom. The number of rotatable bonds is 5. The van der Waals surface area contributed by atoms with Gasteiger partial charge in [0, 0.05) is 19.1 Å². The summed E-state index contributed by atoms with van der Waals surface area (Å²) in [6.45, 7) is 5.89. The normalized spacial score (nSPS) is 21.2. The minimum absolute atomic E-state index is 0.280. The third-order valence-electron chi connectivity index (χ3n) is 4.16. The van der Waals surface area contributed by atoms with E-state index in [1.165, 1.54) is 0 Å². The molecule has 1 aromatic rings. The van der Waals surface area contributed by atoms with Gasteiger partial charge in [-0.2, -0.15) is 0 Å². The van der Waals surface area contributed by atoms with Crippen molar-refractivity contribution < 1.29 is 19.3 Å². The van der Waals surface area contributed by atoms with Crippen LogP contribution in [0, 0.1) is 0 Å². The van der Waals surface area contributed by atoms with Gasteiger partial charge < -0.3 is 19.3 Å². The van der Waals surface area contributed by atoms with Crippen LogP contribution in [0.1, 0.15) is 18.9 Å². The first kappa shape index (κ1) is 15.3. The van der Waals surface area contributed by atoms with Gasteiger partial charge in [0.05, 0.1) is 19.3 Å². The van der Waals surface area contributed by atoms with Gasteiger partial charge in [-0.15, -0.1) is 0 Å². The quantitative estimate of drug-likeness (QED) is 0.900. The average molecular weight is 305 g/mol. The fraction of sp³-hybridized carbons (Fsp3) is 0.529. The van der Waals surface area contributed by atoms with Crippen molar-refractivity contribution >= 4 is 6.08 Å². The van der Waals surface area contributed by atoms with E-state index >= 15 is 0 Å². The van der Waals surface area contributed by atoms with E-state index in [-0.39, 0.29) is 6.79 Å². The topological polar surface area (TPSA) is 51.2 Å². The molecule has 2 unspecified atom stereocenters. The summed E-state index contributed by atoms with van der Waals surface area (Å²) in [4.78, 5) is 2.36. The van der Waals surface area contributed by atoms with Gasteiger partial charge in [0.2, 0.25) is 6.79 Å². The number of aliphatic hydroxyl groups excluding tert-OH is 1. The summed E-state index contributed by atoms with van der Waals surface area (Å²) in [6, 6.07) is 6.13. The maximum atomic E-state index is 10.2. The van der Waals surface area contributed by atoms with Gasteiger partial charge in [0.1, 0.15) is 0 Å². The van der Waals surface area contributed by atoms with Gasteiger partial charge in [0.15, 0.2) is 11.5 Å². The molecule has 5 heteroatoms. The monoisotopic (exact) mass is 305 g/mol. The maximum Gasteiger partial charge on any atom is 0.231 e. The third-order valence-corrected chi connectivity index (χ3v) is 4.16. The smallest absolute Gasteiger partial charge is 0.231 e. The molecule has 1 saturated heterocycles. The summed E-state index contributed by atoms with van der Waals surface area (Å²) in [5, 5.41) is 10.2. The number of morpholine rings is 1. The third kappa shape index (κ3) is 3.80. The van der Waals surface area contributed by atoms with Crippen molar-refractivity contribution in [3.8, 4) is 11.5 Å². The number of benzene rings is 1. The Bertz CT molecular complexity index is 525. The van der Waals surface area contributed by atoms with E-state index in [1.54, 1.807) is 0 Å². The summed E-state index contributed by atoms with van der Waals surface area (Å²) in [6.07, 6.45) is 4.04. The number of hydrogen-bond acceptors (Lipinski definition) is 5. The fourth-order valence-electron chi connectivity index (χ4n) is 2.83. The predicted octanol–water partition coefficient (Wildman–Crippen LogP) is 1.90. The highest BCUT2D eigenvalue weighted by Gasteiger charge is 2.19. The molecule has 2 aliphatic heterocycles. The molecule has 2 aliphatic rings. The molecule has 22 heavy (non-hydrogen) atoms. The van der Waals surface area contributed by atoms with Gasteiger partial charge in [-0.1, -0.05) is 18.2 Å². The van der Waals surface area contributed by atoms with Crippen LogP contribution in [0.15, 0.2) is 24.3 Å². The molecule has 1 aromatic carbocycles. The van der Waals surface area contributed by atoms with Crippen molar-refractivity contribution in [1.82, 2.24) is 4.90 Å². The molecule has 0 amide bonds. The van der Waals surface area contributed by atoms with Crippen LogP contribution in [-0.4, -0.2) is 55.2 Å². The van der Waals surface area contributed by atoms with Crippen LogP contribution in [0.4, 0.5) is 0 Å². The molecule has 0 saturated carbocycles. The summed E-state index contributed by atoms with van der Waals surface area (Å²) in [7, 11) is 0. The first-order chi connectivity index (χ1) is 10.7. The van der Waals surface area contributed by atoms with Gasteiger partial charge in [-0.25, -0.2) is 0 Å². The SMILES string of the molecule is CC(CC(O)/C=C/c1ccc2c(c1)OCO2)N1CCOCC1. The zero-order chi connectivity index (χ0) is 15.4. The first-order valence-electron chi connectivity index (χ1n) is 7.80. The lowest BCUT2D eigenvalue weighted by Crippen LogP contribution is -2.43. The van der Waals surface area contributed by atoms with Crippen molar-refractivity contribution in [3.63, 3.8) is 0 Å². The molecule has 0 aromatic heterocycles. The lowest BCUT2D eigenvalue weighted by Gasteiger charge is -2.32. The molecule has 2 heterocycles. The lowest BCUT2D eigenvalue weighted by atomic mass is 10.1. The average Bonchev–Trinajstić information content (AvgIpc) is 3.01. The zero-order valence-electron chi connectivity index (χ0n) is 12.9. The van der Waals surface area contributed by atoms with Crippen LogP contribution < -0.4 is 9.47 Å². The Morgan fingerprint density at radius 3 is 2.82 bits per heavy atom. The van der Waals surface area contributed by atoms with Crippen LogP contribution in [-0.2, 0) is 4.74 Å². The van der Waals surface area contributed by atoms with Crippen LogP contribution >= 0.6 is 0 Å².